The Morgan fingerprint density at radius 3 is 2.76 bits per heavy atom. The van der Waals surface area contributed by atoms with Crippen LogP contribution < -0.4 is 10.6 Å². The molecule has 25 heavy (non-hydrogen) atoms. The lowest BCUT2D eigenvalue weighted by Crippen LogP contribution is -2.34. The molecule has 1 saturated heterocycles. The van der Waals surface area contributed by atoms with Crippen molar-refractivity contribution in [1.29, 1.82) is 0 Å². The van der Waals surface area contributed by atoms with Crippen LogP contribution in [0.25, 0.3) is 0 Å². The Morgan fingerprint density at radius 2 is 2.04 bits per heavy atom. The first-order chi connectivity index (χ1) is 12.0. The summed E-state index contributed by atoms with van der Waals surface area (Å²) in [6.45, 7) is 0.0606. The lowest BCUT2D eigenvalue weighted by Gasteiger charge is -2.14. The van der Waals surface area contributed by atoms with Gasteiger partial charge in [-0.2, -0.15) is 0 Å². The normalized spacial score (nSPS) is 16.7. The van der Waals surface area contributed by atoms with Gasteiger partial charge in [-0.3, -0.25) is 19.5 Å². The zero-order chi connectivity index (χ0) is 17.8. The number of pyridine rings is 1. The molecule has 0 saturated carbocycles. The summed E-state index contributed by atoms with van der Waals surface area (Å²) in [5.74, 6) is -0.836. The summed E-state index contributed by atoms with van der Waals surface area (Å²) in [4.78, 5) is 41.5. The number of nitrogens with one attached hydrogen (secondary N) is 2. The number of benzene rings is 1. The van der Waals surface area contributed by atoms with Crippen LogP contribution in [0.2, 0.25) is 5.02 Å². The van der Waals surface area contributed by atoms with Crippen molar-refractivity contribution in [3.63, 3.8) is 0 Å². The van der Waals surface area contributed by atoms with Gasteiger partial charge >= 0.3 is 6.03 Å². The molecule has 4 amide bonds. The zero-order valence-corrected chi connectivity index (χ0v) is 13.9. The summed E-state index contributed by atoms with van der Waals surface area (Å²) >= 11 is 6.07. The Morgan fingerprint density at radius 1 is 1.24 bits per heavy atom. The average Bonchev–Trinajstić information content (AvgIpc) is 2.85. The third-order valence-corrected chi connectivity index (χ3v) is 4.10. The monoisotopic (exact) mass is 358 g/mol. The van der Waals surface area contributed by atoms with E-state index in [4.69, 9.17) is 11.6 Å². The van der Waals surface area contributed by atoms with Crippen molar-refractivity contribution < 1.29 is 14.4 Å². The van der Waals surface area contributed by atoms with Crippen LogP contribution in [0.3, 0.4) is 0 Å². The first-order valence-electron chi connectivity index (χ1n) is 7.60. The summed E-state index contributed by atoms with van der Waals surface area (Å²) in [6, 6.07) is 8.91. The fourth-order valence-electron chi connectivity index (χ4n) is 2.50. The first kappa shape index (κ1) is 16.9. The Hall–Kier alpha value is -2.93. The molecule has 128 valence electrons. The van der Waals surface area contributed by atoms with Crippen LogP contribution in [0, 0.1) is 0 Å². The number of rotatable bonds is 5. The van der Waals surface area contributed by atoms with Gasteiger partial charge in [0.05, 0.1) is 24.8 Å². The maximum atomic E-state index is 12.4. The van der Waals surface area contributed by atoms with Crippen molar-refractivity contribution in [3.8, 4) is 0 Å². The molecule has 2 heterocycles. The molecule has 0 bridgehead atoms. The molecule has 1 aliphatic heterocycles. The van der Waals surface area contributed by atoms with Gasteiger partial charge in [-0.05, 0) is 23.8 Å². The molecule has 0 unspecified atom stereocenters. The van der Waals surface area contributed by atoms with Crippen LogP contribution in [0.1, 0.15) is 12.0 Å². The van der Waals surface area contributed by atoms with E-state index in [1.54, 1.807) is 42.6 Å². The van der Waals surface area contributed by atoms with Gasteiger partial charge in [-0.15, -0.1) is 0 Å². The average molecular weight is 359 g/mol. The van der Waals surface area contributed by atoms with E-state index < -0.39 is 18.0 Å². The molecule has 1 aliphatic rings. The molecule has 0 radical (unpaired) electrons. The quantitative estimate of drug-likeness (QED) is 0.801. The first-order valence-corrected chi connectivity index (χ1v) is 7.97. The van der Waals surface area contributed by atoms with Crippen LogP contribution in [0.15, 0.2) is 48.8 Å². The fourth-order valence-corrected chi connectivity index (χ4v) is 2.69. The van der Waals surface area contributed by atoms with Crippen LogP contribution >= 0.6 is 11.6 Å². The smallest absolute Gasteiger partial charge is 0.325 e. The number of halogens is 1. The highest BCUT2D eigenvalue weighted by atomic mass is 35.5. The number of amides is 4. The summed E-state index contributed by atoms with van der Waals surface area (Å²) in [5.41, 5.74) is 1.19. The van der Waals surface area contributed by atoms with Gasteiger partial charge < -0.3 is 10.6 Å². The highest BCUT2D eigenvalue weighted by molar-refractivity contribution is 6.31. The lowest BCUT2D eigenvalue weighted by atomic mass is 10.1. The Bertz CT molecular complexity index is 813. The number of nitrogens with zero attached hydrogens (tertiary/aromatic N) is 2. The largest absolute Gasteiger partial charge is 0.325 e. The third kappa shape index (κ3) is 3.95. The van der Waals surface area contributed by atoms with Gasteiger partial charge in [-0.25, -0.2) is 4.79 Å². The van der Waals surface area contributed by atoms with E-state index in [2.05, 4.69) is 15.6 Å². The minimum atomic E-state index is -0.897. The van der Waals surface area contributed by atoms with Crippen LogP contribution in [0.5, 0.6) is 0 Å². The summed E-state index contributed by atoms with van der Waals surface area (Å²) in [7, 11) is 0. The molecule has 3 rings (SSSR count). The lowest BCUT2D eigenvalue weighted by molar-refractivity contribution is -0.130. The van der Waals surface area contributed by atoms with Crippen molar-refractivity contribution >= 4 is 35.1 Å². The molecule has 7 nitrogen and oxygen atoms in total. The van der Waals surface area contributed by atoms with E-state index >= 15 is 0 Å². The van der Waals surface area contributed by atoms with Gasteiger partial charge in [0.15, 0.2) is 0 Å². The Kier molecular flexibility index (Phi) is 4.95. The van der Waals surface area contributed by atoms with Crippen molar-refractivity contribution in [2.45, 2.75) is 19.0 Å². The minimum Gasteiger partial charge on any atom is -0.325 e. The van der Waals surface area contributed by atoms with E-state index in [0.717, 1.165) is 4.90 Å². The number of aromatic nitrogens is 1. The molecule has 0 aliphatic carbocycles. The third-order valence-electron chi connectivity index (χ3n) is 3.73. The van der Waals surface area contributed by atoms with E-state index in [0.29, 0.717) is 16.3 Å². The summed E-state index contributed by atoms with van der Waals surface area (Å²) < 4.78 is 0. The minimum absolute atomic E-state index is 0.0606. The van der Waals surface area contributed by atoms with E-state index in [-0.39, 0.29) is 18.9 Å². The van der Waals surface area contributed by atoms with Crippen molar-refractivity contribution in [1.82, 2.24) is 15.2 Å². The number of imide groups is 1. The maximum Gasteiger partial charge on any atom is 0.325 e. The van der Waals surface area contributed by atoms with Gasteiger partial charge in [-0.1, -0.05) is 29.8 Å². The molecule has 8 heteroatoms. The van der Waals surface area contributed by atoms with Gasteiger partial charge in [0.2, 0.25) is 5.91 Å². The van der Waals surface area contributed by atoms with E-state index in [1.165, 1.54) is 6.20 Å². The zero-order valence-electron chi connectivity index (χ0n) is 13.1. The SMILES string of the molecule is O=C(C[C@@H]1NC(=O)N(Cc2ccccc2Cl)C1=O)Nc1cccnc1. The van der Waals surface area contributed by atoms with Crippen molar-refractivity contribution in [2.24, 2.45) is 0 Å². The second-order valence-electron chi connectivity index (χ2n) is 5.51. The second-order valence-corrected chi connectivity index (χ2v) is 5.92. The number of carbonyl (C=O) groups excluding carboxylic acids is 3. The molecular formula is C17H15ClN4O3. The van der Waals surface area contributed by atoms with E-state index in [1.807, 2.05) is 0 Å². The molecule has 2 aromatic rings. The molecule has 2 N–H and O–H groups in total. The topological polar surface area (TPSA) is 91.4 Å². The summed E-state index contributed by atoms with van der Waals surface area (Å²) in [5, 5.41) is 5.63. The van der Waals surface area contributed by atoms with Crippen LogP contribution in [0.4, 0.5) is 10.5 Å². The number of anilines is 1. The van der Waals surface area contributed by atoms with Gasteiger partial charge in [0.25, 0.3) is 5.91 Å². The van der Waals surface area contributed by atoms with Crippen molar-refractivity contribution in [3.05, 3.63) is 59.4 Å². The fraction of sp³-hybridized carbons (Fsp3) is 0.176. The Labute approximate surface area is 149 Å². The van der Waals surface area contributed by atoms with Gasteiger partial charge in [0, 0.05) is 11.2 Å². The van der Waals surface area contributed by atoms with Crippen molar-refractivity contribution in [2.75, 3.05) is 5.32 Å². The number of hydrogen-bond acceptors (Lipinski definition) is 4. The summed E-state index contributed by atoms with van der Waals surface area (Å²) in [6.07, 6.45) is 2.93. The highest BCUT2D eigenvalue weighted by Gasteiger charge is 2.39. The maximum absolute atomic E-state index is 12.4. The van der Waals surface area contributed by atoms with Crippen LogP contribution in [-0.4, -0.2) is 33.8 Å². The predicted molar refractivity (Wildman–Crippen MR) is 91.8 cm³/mol. The van der Waals surface area contributed by atoms with E-state index in [9.17, 15) is 14.4 Å². The molecule has 1 aromatic carbocycles. The Balaban J connectivity index is 1.63. The predicted octanol–water partition coefficient (Wildman–Crippen LogP) is 2.18. The molecule has 1 atom stereocenters. The molecule has 1 aromatic heterocycles. The standard InChI is InChI=1S/C17H15ClN4O3/c18-13-6-2-1-4-11(13)10-22-16(24)14(21-17(22)25)8-15(23)20-12-5-3-7-19-9-12/h1-7,9,14H,8,10H2,(H,20,23)(H,21,25)/t14-/m0/s1. The highest BCUT2D eigenvalue weighted by Crippen LogP contribution is 2.20. The molecular weight excluding hydrogens is 344 g/mol. The number of hydrogen-bond donors (Lipinski definition) is 2. The van der Waals surface area contributed by atoms with Gasteiger partial charge in [0.1, 0.15) is 6.04 Å². The molecule has 0 spiro atoms. The number of carbonyl (C=O) groups is 3. The van der Waals surface area contributed by atoms with Crippen LogP contribution in [-0.2, 0) is 16.1 Å². The second kappa shape index (κ2) is 7.31. The number of urea groups is 1. The molecule has 1 fully saturated rings.